The predicted molar refractivity (Wildman–Crippen MR) is 87.8 cm³/mol. The van der Waals surface area contributed by atoms with Crippen molar-refractivity contribution in [1.82, 2.24) is 5.32 Å². The number of hydrogen-bond donors (Lipinski definition) is 1. The average molecular weight is 307 g/mol. The maximum absolute atomic E-state index is 12.1. The maximum Gasteiger partial charge on any atom is 0.230 e. The molecule has 2 atom stereocenters. The number of methoxy groups -OCH3 is 1. The summed E-state index contributed by atoms with van der Waals surface area (Å²) in [4.78, 5) is 13.2. The number of benzene rings is 1. The normalized spacial score (nSPS) is 25.4. The van der Waals surface area contributed by atoms with E-state index in [1.54, 1.807) is 18.9 Å². The molecule has 1 amide bonds. The molecule has 1 fully saturated rings. The van der Waals surface area contributed by atoms with Gasteiger partial charge in [-0.15, -0.1) is 11.8 Å². The molecule has 116 valence electrons. The zero-order valence-electron chi connectivity index (χ0n) is 13.1. The fourth-order valence-corrected chi connectivity index (χ4v) is 3.72. The van der Waals surface area contributed by atoms with E-state index < -0.39 is 0 Å². The van der Waals surface area contributed by atoms with Gasteiger partial charge in [-0.25, -0.2) is 0 Å². The summed E-state index contributed by atoms with van der Waals surface area (Å²) in [5.41, 5.74) is 0. The lowest BCUT2D eigenvalue weighted by Gasteiger charge is -2.35. The van der Waals surface area contributed by atoms with Crippen molar-refractivity contribution < 1.29 is 9.53 Å². The Hall–Kier alpha value is -1.16. The van der Waals surface area contributed by atoms with Crippen LogP contribution in [0, 0.1) is 11.8 Å². The molecule has 1 aliphatic rings. The van der Waals surface area contributed by atoms with Gasteiger partial charge in [0, 0.05) is 10.9 Å². The van der Waals surface area contributed by atoms with Gasteiger partial charge < -0.3 is 10.1 Å². The summed E-state index contributed by atoms with van der Waals surface area (Å²) in [5, 5.41) is 3.23. The lowest BCUT2D eigenvalue weighted by Crippen LogP contribution is -2.46. The summed E-state index contributed by atoms with van der Waals surface area (Å²) in [6.45, 7) is 4.49. The van der Waals surface area contributed by atoms with Crippen molar-refractivity contribution in [2.45, 2.75) is 44.0 Å². The monoisotopic (exact) mass is 307 g/mol. The van der Waals surface area contributed by atoms with Gasteiger partial charge in [0.25, 0.3) is 0 Å². The van der Waals surface area contributed by atoms with Gasteiger partial charge in [-0.3, -0.25) is 4.79 Å². The van der Waals surface area contributed by atoms with E-state index in [0.717, 1.165) is 10.6 Å². The van der Waals surface area contributed by atoms with Crippen LogP contribution in [0.1, 0.15) is 33.1 Å². The highest BCUT2D eigenvalue weighted by atomic mass is 32.2. The summed E-state index contributed by atoms with van der Waals surface area (Å²) >= 11 is 1.57. The summed E-state index contributed by atoms with van der Waals surface area (Å²) in [7, 11) is 1.65. The Morgan fingerprint density at radius 3 is 2.43 bits per heavy atom. The fourth-order valence-electron chi connectivity index (χ4n) is 3.01. The van der Waals surface area contributed by atoms with Crippen molar-refractivity contribution in [3.8, 4) is 5.75 Å². The van der Waals surface area contributed by atoms with Crippen molar-refractivity contribution in [1.29, 1.82) is 0 Å². The Morgan fingerprint density at radius 1 is 1.24 bits per heavy atom. The van der Waals surface area contributed by atoms with E-state index in [1.807, 2.05) is 24.3 Å². The van der Waals surface area contributed by atoms with Gasteiger partial charge >= 0.3 is 0 Å². The lowest BCUT2D eigenvalue weighted by molar-refractivity contribution is -0.120. The Balaban J connectivity index is 1.81. The van der Waals surface area contributed by atoms with Gasteiger partial charge in [0.1, 0.15) is 5.75 Å². The molecule has 21 heavy (non-hydrogen) atoms. The Labute approximate surface area is 131 Å². The number of thioether (sulfide) groups is 1. The molecule has 0 aliphatic heterocycles. The first-order chi connectivity index (χ1) is 10.1. The van der Waals surface area contributed by atoms with Crippen LogP contribution in [0.3, 0.4) is 0 Å². The molecule has 0 heterocycles. The van der Waals surface area contributed by atoms with Gasteiger partial charge in [-0.05, 0) is 48.9 Å². The van der Waals surface area contributed by atoms with Gasteiger partial charge in [-0.2, -0.15) is 0 Å². The number of hydrogen-bond acceptors (Lipinski definition) is 3. The molecule has 4 heteroatoms. The molecule has 2 rings (SSSR count). The van der Waals surface area contributed by atoms with Crippen LogP contribution in [0.15, 0.2) is 29.2 Å². The SMILES string of the molecule is COc1ccc(SCC(=O)NC2C(C)CCCC2C)cc1. The first-order valence-corrected chi connectivity index (χ1v) is 8.65. The Bertz CT molecular complexity index is 450. The number of amides is 1. The predicted octanol–water partition coefficient (Wildman–Crippen LogP) is 3.73. The molecule has 1 aromatic carbocycles. The number of ether oxygens (including phenoxy) is 1. The zero-order chi connectivity index (χ0) is 15.2. The van der Waals surface area contributed by atoms with E-state index in [9.17, 15) is 4.79 Å². The first-order valence-electron chi connectivity index (χ1n) is 7.66. The lowest BCUT2D eigenvalue weighted by atomic mass is 9.79. The molecule has 0 saturated heterocycles. The Morgan fingerprint density at radius 2 is 1.86 bits per heavy atom. The van der Waals surface area contributed by atoms with Gasteiger partial charge in [0.15, 0.2) is 0 Å². The fraction of sp³-hybridized carbons (Fsp3) is 0.588. The second-order valence-electron chi connectivity index (χ2n) is 5.94. The van der Waals surface area contributed by atoms with Crippen molar-refractivity contribution >= 4 is 17.7 Å². The second-order valence-corrected chi connectivity index (χ2v) is 6.99. The molecule has 0 radical (unpaired) electrons. The summed E-state index contributed by atoms with van der Waals surface area (Å²) in [6.07, 6.45) is 3.73. The quantitative estimate of drug-likeness (QED) is 0.842. The van der Waals surface area contributed by atoms with Gasteiger partial charge in [0.05, 0.1) is 12.9 Å². The van der Waals surface area contributed by atoms with E-state index in [1.165, 1.54) is 19.3 Å². The van der Waals surface area contributed by atoms with E-state index in [0.29, 0.717) is 23.6 Å². The largest absolute Gasteiger partial charge is 0.497 e. The van der Waals surface area contributed by atoms with Crippen LogP contribution in [0.5, 0.6) is 5.75 Å². The number of nitrogens with one attached hydrogen (secondary N) is 1. The summed E-state index contributed by atoms with van der Waals surface area (Å²) in [6, 6.07) is 8.16. The van der Waals surface area contributed by atoms with Crippen LogP contribution in [0.4, 0.5) is 0 Å². The molecule has 1 saturated carbocycles. The number of carbonyl (C=O) groups excluding carboxylic acids is 1. The van der Waals surface area contributed by atoms with Crippen LogP contribution in [0.2, 0.25) is 0 Å². The zero-order valence-corrected chi connectivity index (χ0v) is 13.9. The van der Waals surface area contributed by atoms with Crippen LogP contribution in [0.25, 0.3) is 0 Å². The van der Waals surface area contributed by atoms with E-state index in [-0.39, 0.29) is 5.91 Å². The minimum absolute atomic E-state index is 0.140. The Kier molecular flexibility index (Phi) is 5.97. The molecule has 1 aromatic rings. The molecule has 0 aromatic heterocycles. The van der Waals surface area contributed by atoms with Crippen LogP contribution < -0.4 is 10.1 Å². The number of carbonyl (C=O) groups is 1. The third-order valence-corrected chi connectivity index (χ3v) is 5.31. The molecule has 0 spiro atoms. The van der Waals surface area contributed by atoms with Crippen molar-refractivity contribution in [3.63, 3.8) is 0 Å². The standard InChI is InChI=1S/C17H25NO2S/c1-12-5-4-6-13(2)17(12)18-16(19)11-21-15-9-7-14(20-3)8-10-15/h7-10,12-13,17H,4-6,11H2,1-3H3,(H,18,19). The maximum atomic E-state index is 12.1. The minimum Gasteiger partial charge on any atom is -0.497 e. The average Bonchev–Trinajstić information content (AvgIpc) is 2.49. The molecule has 3 nitrogen and oxygen atoms in total. The molecule has 2 unspecified atom stereocenters. The smallest absolute Gasteiger partial charge is 0.230 e. The topological polar surface area (TPSA) is 38.3 Å². The van der Waals surface area contributed by atoms with E-state index in [2.05, 4.69) is 19.2 Å². The van der Waals surface area contributed by atoms with Crippen LogP contribution >= 0.6 is 11.8 Å². The van der Waals surface area contributed by atoms with Crippen molar-refractivity contribution in [2.75, 3.05) is 12.9 Å². The minimum atomic E-state index is 0.140. The first kappa shape index (κ1) is 16.2. The number of rotatable bonds is 5. The van der Waals surface area contributed by atoms with Crippen LogP contribution in [-0.2, 0) is 4.79 Å². The van der Waals surface area contributed by atoms with Crippen molar-refractivity contribution in [2.24, 2.45) is 11.8 Å². The molecular weight excluding hydrogens is 282 g/mol. The molecule has 1 aliphatic carbocycles. The summed E-state index contributed by atoms with van der Waals surface area (Å²) in [5.74, 6) is 2.63. The molecular formula is C17H25NO2S. The van der Waals surface area contributed by atoms with E-state index in [4.69, 9.17) is 4.74 Å². The highest BCUT2D eigenvalue weighted by molar-refractivity contribution is 8.00. The highest BCUT2D eigenvalue weighted by Gasteiger charge is 2.28. The molecule has 1 N–H and O–H groups in total. The molecule has 0 bridgehead atoms. The summed E-state index contributed by atoms with van der Waals surface area (Å²) < 4.78 is 5.13. The highest BCUT2D eigenvalue weighted by Crippen LogP contribution is 2.29. The third kappa shape index (κ3) is 4.67. The van der Waals surface area contributed by atoms with Crippen LogP contribution in [-0.4, -0.2) is 24.8 Å². The van der Waals surface area contributed by atoms with Gasteiger partial charge in [-0.1, -0.05) is 20.3 Å². The third-order valence-electron chi connectivity index (χ3n) is 4.30. The second kappa shape index (κ2) is 7.74. The van der Waals surface area contributed by atoms with Gasteiger partial charge in [0.2, 0.25) is 5.91 Å². The van der Waals surface area contributed by atoms with E-state index >= 15 is 0 Å². The van der Waals surface area contributed by atoms with Crippen molar-refractivity contribution in [3.05, 3.63) is 24.3 Å².